The lowest BCUT2D eigenvalue weighted by molar-refractivity contribution is 0.204. The largest absolute Gasteiger partial charge is 0.494 e. The van der Waals surface area contributed by atoms with Crippen LogP contribution in [0.5, 0.6) is 5.75 Å². The van der Waals surface area contributed by atoms with Crippen LogP contribution in [0.3, 0.4) is 0 Å². The van der Waals surface area contributed by atoms with Crippen LogP contribution in [-0.4, -0.2) is 54.1 Å². The molecule has 3 aliphatic rings. The summed E-state index contributed by atoms with van der Waals surface area (Å²) in [6, 6.07) is 11.8. The van der Waals surface area contributed by atoms with Gasteiger partial charge in [0.25, 0.3) is 0 Å². The molecule has 2 fully saturated rings. The Balaban J connectivity index is 1.29. The van der Waals surface area contributed by atoms with Crippen LogP contribution in [0.15, 0.2) is 42.7 Å². The third-order valence-corrected chi connectivity index (χ3v) is 7.02. The fraction of sp³-hybridized carbons (Fsp3) is 0.560. The van der Waals surface area contributed by atoms with Crippen LogP contribution < -0.4 is 4.74 Å². The predicted molar refractivity (Wildman–Crippen MR) is 116 cm³/mol. The first-order chi connectivity index (χ1) is 14.4. The zero-order valence-electron chi connectivity index (χ0n) is 17.4. The SMILES string of the molecule is c1cc([C@H]2CN3CCC[C@@H]3c3cc(OCCCN4CCCCC4)ccc32)ccn1. The predicted octanol–water partition coefficient (Wildman–Crippen LogP) is 4.62. The van der Waals surface area contributed by atoms with Crippen molar-refractivity contribution in [3.8, 4) is 5.75 Å². The normalized spacial score (nSPS) is 24.8. The van der Waals surface area contributed by atoms with Gasteiger partial charge in [0, 0.05) is 37.4 Å². The highest BCUT2D eigenvalue weighted by Gasteiger charge is 2.36. The molecule has 0 bridgehead atoms. The molecule has 4 nitrogen and oxygen atoms in total. The Morgan fingerprint density at radius 3 is 2.66 bits per heavy atom. The molecular weight excluding hydrogens is 358 g/mol. The second kappa shape index (κ2) is 8.85. The minimum absolute atomic E-state index is 0.440. The Labute approximate surface area is 174 Å². The summed E-state index contributed by atoms with van der Waals surface area (Å²) in [6.45, 7) is 6.87. The van der Waals surface area contributed by atoms with Gasteiger partial charge < -0.3 is 9.64 Å². The van der Waals surface area contributed by atoms with Crippen molar-refractivity contribution in [3.63, 3.8) is 0 Å². The first-order valence-electron chi connectivity index (χ1n) is 11.5. The Bertz CT molecular complexity index is 803. The van der Waals surface area contributed by atoms with Crippen LogP contribution in [0, 0.1) is 0 Å². The Morgan fingerprint density at radius 1 is 0.931 bits per heavy atom. The van der Waals surface area contributed by atoms with Gasteiger partial charge in [-0.15, -0.1) is 0 Å². The molecule has 1 aromatic carbocycles. The smallest absolute Gasteiger partial charge is 0.119 e. The first-order valence-corrected chi connectivity index (χ1v) is 11.5. The summed E-state index contributed by atoms with van der Waals surface area (Å²) in [6.07, 6.45) is 11.7. The van der Waals surface area contributed by atoms with E-state index in [4.69, 9.17) is 4.74 Å². The van der Waals surface area contributed by atoms with Gasteiger partial charge in [-0.3, -0.25) is 9.88 Å². The topological polar surface area (TPSA) is 28.6 Å². The van der Waals surface area contributed by atoms with Gasteiger partial charge in [0.1, 0.15) is 5.75 Å². The van der Waals surface area contributed by atoms with Gasteiger partial charge in [-0.05, 0) is 92.7 Å². The number of aromatic nitrogens is 1. The molecule has 0 saturated carbocycles. The second-order valence-corrected chi connectivity index (χ2v) is 8.88. The van der Waals surface area contributed by atoms with Crippen LogP contribution in [0.25, 0.3) is 0 Å². The van der Waals surface area contributed by atoms with Gasteiger partial charge >= 0.3 is 0 Å². The summed E-state index contributed by atoms with van der Waals surface area (Å²) >= 11 is 0. The number of hydrogen-bond donors (Lipinski definition) is 0. The minimum Gasteiger partial charge on any atom is -0.494 e. The Morgan fingerprint density at radius 2 is 1.79 bits per heavy atom. The third kappa shape index (κ3) is 4.19. The average Bonchev–Trinajstić information content (AvgIpc) is 3.26. The molecule has 29 heavy (non-hydrogen) atoms. The first kappa shape index (κ1) is 19.1. The molecule has 0 spiro atoms. The monoisotopic (exact) mass is 391 g/mol. The van der Waals surface area contributed by atoms with Crippen LogP contribution in [-0.2, 0) is 0 Å². The highest BCUT2D eigenvalue weighted by atomic mass is 16.5. The van der Waals surface area contributed by atoms with Gasteiger partial charge in [-0.1, -0.05) is 12.5 Å². The maximum atomic E-state index is 6.20. The lowest BCUT2D eigenvalue weighted by Crippen LogP contribution is -2.34. The zero-order valence-corrected chi connectivity index (χ0v) is 17.4. The maximum absolute atomic E-state index is 6.20. The molecule has 0 unspecified atom stereocenters. The molecule has 0 aliphatic carbocycles. The number of pyridine rings is 1. The Hall–Kier alpha value is -1.91. The van der Waals surface area contributed by atoms with Crippen molar-refractivity contribution in [3.05, 3.63) is 59.4 Å². The quantitative estimate of drug-likeness (QED) is 0.672. The Kier molecular flexibility index (Phi) is 5.82. The van der Waals surface area contributed by atoms with E-state index < -0.39 is 0 Å². The fourth-order valence-corrected chi connectivity index (χ4v) is 5.52. The molecule has 3 aliphatic heterocycles. The molecule has 1 aromatic heterocycles. The van der Waals surface area contributed by atoms with E-state index in [1.54, 1.807) is 0 Å². The summed E-state index contributed by atoms with van der Waals surface area (Å²) in [5.41, 5.74) is 4.35. The lowest BCUT2D eigenvalue weighted by Gasteiger charge is -2.37. The molecule has 2 saturated heterocycles. The second-order valence-electron chi connectivity index (χ2n) is 8.88. The van der Waals surface area contributed by atoms with Gasteiger partial charge in [0.15, 0.2) is 0 Å². The summed E-state index contributed by atoms with van der Waals surface area (Å²) in [5.74, 6) is 1.49. The molecule has 4 heteroatoms. The van der Waals surface area contributed by atoms with Crippen molar-refractivity contribution in [2.24, 2.45) is 0 Å². The van der Waals surface area contributed by atoms with Crippen molar-refractivity contribution in [1.29, 1.82) is 0 Å². The highest BCUT2D eigenvalue weighted by Crippen LogP contribution is 2.45. The molecule has 0 radical (unpaired) electrons. The number of rotatable bonds is 6. The molecule has 0 amide bonds. The van der Waals surface area contributed by atoms with Crippen molar-refractivity contribution in [2.75, 3.05) is 39.3 Å². The number of piperidine rings is 1. The van der Waals surface area contributed by atoms with Crippen LogP contribution in [0.2, 0.25) is 0 Å². The van der Waals surface area contributed by atoms with E-state index >= 15 is 0 Å². The van der Waals surface area contributed by atoms with Crippen molar-refractivity contribution in [2.45, 2.75) is 50.5 Å². The number of hydrogen-bond acceptors (Lipinski definition) is 4. The van der Waals surface area contributed by atoms with E-state index in [-0.39, 0.29) is 0 Å². The summed E-state index contributed by atoms with van der Waals surface area (Å²) in [7, 11) is 0. The summed E-state index contributed by atoms with van der Waals surface area (Å²) < 4.78 is 6.20. The average molecular weight is 392 g/mol. The number of likely N-dealkylation sites (tertiary alicyclic amines) is 1. The lowest BCUT2D eigenvalue weighted by atomic mass is 9.82. The fourth-order valence-electron chi connectivity index (χ4n) is 5.52. The minimum atomic E-state index is 0.440. The van der Waals surface area contributed by atoms with Crippen LogP contribution >= 0.6 is 0 Å². The number of fused-ring (bicyclic) bond motifs is 3. The van der Waals surface area contributed by atoms with E-state index in [9.17, 15) is 0 Å². The molecule has 4 heterocycles. The standard InChI is InChI=1S/C25H33N3O/c1-2-13-27(14-3-1)15-5-17-29-21-7-8-22-23(18-21)25-6-4-16-28(25)19-24(22)20-9-11-26-12-10-20/h7-12,18,24-25H,1-6,13-17,19H2/t24-,25-/m1/s1. The zero-order chi connectivity index (χ0) is 19.5. The molecule has 154 valence electrons. The summed E-state index contributed by atoms with van der Waals surface area (Å²) in [4.78, 5) is 9.48. The van der Waals surface area contributed by atoms with E-state index in [1.165, 1.54) is 75.0 Å². The number of ether oxygens (including phenoxy) is 1. The van der Waals surface area contributed by atoms with E-state index in [1.807, 2.05) is 12.4 Å². The number of benzene rings is 1. The van der Waals surface area contributed by atoms with Gasteiger partial charge in [-0.25, -0.2) is 0 Å². The van der Waals surface area contributed by atoms with E-state index in [2.05, 4.69) is 45.1 Å². The van der Waals surface area contributed by atoms with Gasteiger partial charge in [0.2, 0.25) is 0 Å². The maximum Gasteiger partial charge on any atom is 0.119 e. The molecular formula is C25H33N3O. The van der Waals surface area contributed by atoms with Crippen LogP contribution in [0.4, 0.5) is 0 Å². The molecule has 0 N–H and O–H groups in total. The highest BCUT2D eigenvalue weighted by molar-refractivity contribution is 5.46. The molecule has 2 atom stereocenters. The van der Waals surface area contributed by atoms with Gasteiger partial charge in [0.05, 0.1) is 6.61 Å². The third-order valence-electron chi connectivity index (χ3n) is 7.02. The van der Waals surface area contributed by atoms with E-state index in [0.29, 0.717) is 12.0 Å². The molecule has 2 aromatic rings. The van der Waals surface area contributed by atoms with Crippen molar-refractivity contribution < 1.29 is 4.74 Å². The molecule has 5 rings (SSSR count). The van der Waals surface area contributed by atoms with Gasteiger partial charge in [-0.2, -0.15) is 0 Å². The van der Waals surface area contributed by atoms with E-state index in [0.717, 1.165) is 25.3 Å². The van der Waals surface area contributed by atoms with Crippen molar-refractivity contribution >= 4 is 0 Å². The summed E-state index contributed by atoms with van der Waals surface area (Å²) in [5, 5.41) is 0. The van der Waals surface area contributed by atoms with Crippen molar-refractivity contribution in [1.82, 2.24) is 14.8 Å². The number of nitrogens with zero attached hydrogens (tertiary/aromatic N) is 3. The van der Waals surface area contributed by atoms with Crippen LogP contribution in [0.1, 0.15) is 67.2 Å².